The van der Waals surface area contributed by atoms with Crippen LogP contribution < -0.4 is 0 Å². The summed E-state index contributed by atoms with van der Waals surface area (Å²) < 4.78 is 0. The van der Waals surface area contributed by atoms with E-state index < -0.39 is 0 Å². The van der Waals surface area contributed by atoms with Crippen molar-refractivity contribution in [2.24, 2.45) is 23.7 Å². The van der Waals surface area contributed by atoms with Crippen LogP contribution in [-0.2, 0) is 4.79 Å². The van der Waals surface area contributed by atoms with E-state index >= 15 is 0 Å². The van der Waals surface area contributed by atoms with Gasteiger partial charge in [-0.3, -0.25) is 4.79 Å². The SMILES string of the molecule is O=C1C=C[C@@H]2[C@H]1[C@H]1C=C[C@@H]2C1. The third kappa shape index (κ3) is 0.550. The molecule has 1 heteroatoms. The van der Waals surface area contributed by atoms with E-state index in [1.165, 1.54) is 6.42 Å². The van der Waals surface area contributed by atoms with E-state index in [0.717, 1.165) is 0 Å². The van der Waals surface area contributed by atoms with Crippen LogP contribution in [0.1, 0.15) is 6.42 Å². The molecule has 0 N–H and O–H groups in total. The lowest BCUT2D eigenvalue weighted by atomic mass is 9.85. The van der Waals surface area contributed by atoms with Gasteiger partial charge in [-0.25, -0.2) is 0 Å². The molecule has 0 radical (unpaired) electrons. The highest BCUT2D eigenvalue weighted by atomic mass is 16.1. The van der Waals surface area contributed by atoms with Crippen LogP contribution in [-0.4, -0.2) is 5.78 Å². The maximum Gasteiger partial charge on any atom is 0.159 e. The first kappa shape index (κ1) is 5.76. The van der Waals surface area contributed by atoms with Crippen molar-refractivity contribution >= 4 is 5.78 Å². The predicted molar refractivity (Wildman–Crippen MR) is 41.9 cm³/mol. The maximum atomic E-state index is 11.3. The number of hydrogen-bond donors (Lipinski definition) is 0. The second-order valence-electron chi connectivity index (χ2n) is 3.81. The Morgan fingerprint density at radius 1 is 1.18 bits per heavy atom. The van der Waals surface area contributed by atoms with Gasteiger partial charge in [0.1, 0.15) is 0 Å². The van der Waals surface area contributed by atoms with Crippen molar-refractivity contribution in [2.75, 3.05) is 0 Å². The first-order valence-electron chi connectivity index (χ1n) is 4.26. The quantitative estimate of drug-likeness (QED) is 0.474. The number of allylic oxidation sites excluding steroid dienone is 4. The summed E-state index contributed by atoms with van der Waals surface area (Å²) in [5.74, 6) is 2.54. The first-order valence-corrected chi connectivity index (χ1v) is 4.26. The second-order valence-corrected chi connectivity index (χ2v) is 3.81. The molecule has 0 aromatic rings. The van der Waals surface area contributed by atoms with Crippen molar-refractivity contribution in [1.29, 1.82) is 0 Å². The van der Waals surface area contributed by atoms with Gasteiger partial charge in [0, 0.05) is 5.92 Å². The van der Waals surface area contributed by atoms with Gasteiger partial charge >= 0.3 is 0 Å². The fourth-order valence-electron chi connectivity index (χ4n) is 2.84. The van der Waals surface area contributed by atoms with Gasteiger partial charge in [0.05, 0.1) is 0 Å². The zero-order chi connectivity index (χ0) is 7.42. The fourth-order valence-corrected chi connectivity index (χ4v) is 2.84. The number of fused-ring (bicyclic) bond motifs is 5. The molecule has 1 saturated carbocycles. The molecule has 2 bridgehead atoms. The summed E-state index contributed by atoms with van der Waals surface area (Å²) in [6.45, 7) is 0. The van der Waals surface area contributed by atoms with Crippen LogP contribution in [0, 0.1) is 23.7 Å². The van der Waals surface area contributed by atoms with Crippen LogP contribution in [0.4, 0.5) is 0 Å². The number of hydrogen-bond acceptors (Lipinski definition) is 1. The van der Waals surface area contributed by atoms with Crippen LogP contribution in [0.2, 0.25) is 0 Å². The normalized spacial score (nSPS) is 50.7. The van der Waals surface area contributed by atoms with Gasteiger partial charge in [-0.1, -0.05) is 18.2 Å². The van der Waals surface area contributed by atoms with Crippen LogP contribution in [0.5, 0.6) is 0 Å². The molecule has 4 atom stereocenters. The highest BCUT2D eigenvalue weighted by Gasteiger charge is 2.48. The molecule has 0 aromatic carbocycles. The lowest BCUT2D eigenvalue weighted by molar-refractivity contribution is -0.118. The molecular weight excluding hydrogens is 136 g/mol. The number of ketones is 1. The topological polar surface area (TPSA) is 17.1 Å². The van der Waals surface area contributed by atoms with Crippen molar-refractivity contribution in [1.82, 2.24) is 0 Å². The Hall–Kier alpha value is -0.850. The second kappa shape index (κ2) is 1.66. The zero-order valence-electron chi connectivity index (χ0n) is 6.23. The largest absolute Gasteiger partial charge is 0.295 e. The first-order chi connectivity index (χ1) is 5.36. The van der Waals surface area contributed by atoms with Crippen LogP contribution in [0.25, 0.3) is 0 Å². The lowest BCUT2D eigenvalue weighted by Gasteiger charge is -2.17. The van der Waals surface area contributed by atoms with Crippen LogP contribution in [0.15, 0.2) is 24.3 Å². The Morgan fingerprint density at radius 3 is 2.82 bits per heavy atom. The standard InChI is InChI=1S/C10H10O/c11-9-4-3-8-6-1-2-7(5-6)10(8)9/h1-4,6-8,10H,5H2/t6-,7+,8+,10-/m1/s1. The molecule has 0 heterocycles. The molecule has 0 amide bonds. The highest BCUT2D eigenvalue weighted by Crippen LogP contribution is 2.51. The number of carbonyl (C=O) groups is 1. The third-order valence-electron chi connectivity index (χ3n) is 3.33. The molecule has 3 aliphatic carbocycles. The molecule has 1 fully saturated rings. The maximum absolute atomic E-state index is 11.3. The summed E-state index contributed by atoms with van der Waals surface area (Å²) in [7, 11) is 0. The lowest BCUT2D eigenvalue weighted by Crippen LogP contribution is -2.19. The van der Waals surface area contributed by atoms with Gasteiger partial charge in [0.2, 0.25) is 0 Å². The Morgan fingerprint density at radius 2 is 2.00 bits per heavy atom. The summed E-state index contributed by atoms with van der Waals surface area (Å²) in [5, 5.41) is 0. The van der Waals surface area contributed by atoms with Crippen molar-refractivity contribution in [3.63, 3.8) is 0 Å². The van der Waals surface area contributed by atoms with Gasteiger partial charge in [-0.2, -0.15) is 0 Å². The molecule has 0 saturated heterocycles. The summed E-state index contributed by atoms with van der Waals surface area (Å²) in [6, 6.07) is 0. The van der Waals surface area contributed by atoms with Crippen molar-refractivity contribution in [2.45, 2.75) is 6.42 Å². The monoisotopic (exact) mass is 146 g/mol. The van der Waals surface area contributed by atoms with E-state index in [-0.39, 0.29) is 0 Å². The zero-order valence-corrected chi connectivity index (χ0v) is 6.23. The van der Waals surface area contributed by atoms with Crippen molar-refractivity contribution in [3.8, 4) is 0 Å². The molecule has 0 aromatic heterocycles. The smallest absolute Gasteiger partial charge is 0.159 e. The predicted octanol–water partition coefficient (Wildman–Crippen LogP) is 1.56. The number of rotatable bonds is 0. The minimum atomic E-state index is 0.338. The van der Waals surface area contributed by atoms with Crippen LogP contribution >= 0.6 is 0 Å². The molecule has 3 aliphatic rings. The molecule has 3 rings (SSSR count). The Bertz CT molecular complexity index is 275. The Labute approximate surface area is 65.8 Å². The van der Waals surface area contributed by atoms with E-state index in [4.69, 9.17) is 0 Å². The molecule has 11 heavy (non-hydrogen) atoms. The minimum Gasteiger partial charge on any atom is -0.295 e. The summed E-state index contributed by atoms with van der Waals surface area (Å²) in [4.78, 5) is 11.3. The molecule has 56 valence electrons. The van der Waals surface area contributed by atoms with E-state index in [0.29, 0.717) is 29.5 Å². The third-order valence-corrected chi connectivity index (χ3v) is 3.33. The Kier molecular flexibility index (Phi) is 0.867. The van der Waals surface area contributed by atoms with E-state index in [1.54, 1.807) is 6.08 Å². The van der Waals surface area contributed by atoms with Gasteiger partial charge in [-0.05, 0) is 30.3 Å². The van der Waals surface area contributed by atoms with E-state index in [2.05, 4.69) is 18.2 Å². The van der Waals surface area contributed by atoms with Crippen LogP contribution in [0.3, 0.4) is 0 Å². The molecular formula is C10H10O. The van der Waals surface area contributed by atoms with E-state index in [9.17, 15) is 4.79 Å². The Balaban J connectivity index is 2.08. The molecule has 0 spiro atoms. The van der Waals surface area contributed by atoms with Gasteiger partial charge < -0.3 is 0 Å². The van der Waals surface area contributed by atoms with Gasteiger partial charge in [-0.15, -0.1) is 0 Å². The van der Waals surface area contributed by atoms with Gasteiger partial charge in [0.25, 0.3) is 0 Å². The van der Waals surface area contributed by atoms with E-state index in [1.807, 2.05) is 0 Å². The summed E-state index contributed by atoms with van der Waals surface area (Å²) >= 11 is 0. The molecule has 0 unspecified atom stereocenters. The van der Waals surface area contributed by atoms with Crippen molar-refractivity contribution in [3.05, 3.63) is 24.3 Å². The molecule has 1 nitrogen and oxygen atoms in total. The summed E-state index contributed by atoms with van der Waals surface area (Å²) in [6.07, 6.45) is 9.64. The fraction of sp³-hybridized carbons (Fsp3) is 0.500. The number of carbonyl (C=O) groups excluding carboxylic acids is 1. The minimum absolute atomic E-state index is 0.338. The highest BCUT2D eigenvalue weighted by molar-refractivity contribution is 5.95. The average Bonchev–Trinajstić information content (AvgIpc) is 2.60. The average molecular weight is 146 g/mol. The van der Waals surface area contributed by atoms with Gasteiger partial charge in [0.15, 0.2) is 5.78 Å². The van der Waals surface area contributed by atoms with Crippen molar-refractivity contribution < 1.29 is 4.79 Å². The molecule has 0 aliphatic heterocycles. The summed E-state index contributed by atoms with van der Waals surface area (Å²) in [5.41, 5.74) is 0.